The Balaban J connectivity index is 1.59. The first-order valence-corrected chi connectivity index (χ1v) is 14.9. The van der Waals surface area contributed by atoms with Crippen LogP contribution in [0.1, 0.15) is 99.3 Å². The van der Waals surface area contributed by atoms with E-state index in [0.29, 0.717) is 30.3 Å². The van der Waals surface area contributed by atoms with Gasteiger partial charge in [0.1, 0.15) is 0 Å². The molecule has 1 saturated carbocycles. The number of rotatable bonds is 14. The van der Waals surface area contributed by atoms with Crippen molar-refractivity contribution in [2.45, 2.75) is 105 Å². The summed E-state index contributed by atoms with van der Waals surface area (Å²) >= 11 is 0. The van der Waals surface area contributed by atoms with Crippen LogP contribution in [0.25, 0.3) is 0 Å². The van der Waals surface area contributed by atoms with Gasteiger partial charge in [-0.05, 0) is 96.1 Å². The van der Waals surface area contributed by atoms with Gasteiger partial charge in [0, 0.05) is 38.2 Å². The number of allylic oxidation sites excluding steroid dienone is 1. The summed E-state index contributed by atoms with van der Waals surface area (Å²) in [6.45, 7) is 25.7. The van der Waals surface area contributed by atoms with E-state index in [2.05, 4.69) is 57.9 Å². The molecular formula is C31H58N2O4. The molecule has 37 heavy (non-hydrogen) atoms. The Labute approximate surface area is 228 Å². The molecule has 2 fully saturated rings. The van der Waals surface area contributed by atoms with E-state index in [0.717, 1.165) is 110 Å². The fourth-order valence-corrected chi connectivity index (χ4v) is 5.19. The third-order valence-corrected chi connectivity index (χ3v) is 7.88. The van der Waals surface area contributed by atoms with E-state index in [9.17, 15) is 4.79 Å². The zero-order valence-corrected chi connectivity index (χ0v) is 25.1. The second-order valence-electron chi connectivity index (χ2n) is 13.5. The predicted molar refractivity (Wildman–Crippen MR) is 153 cm³/mol. The van der Waals surface area contributed by atoms with Gasteiger partial charge in [0.25, 0.3) is 0 Å². The highest BCUT2D eigenvalue weighted by Gasteiger charge is 2.25. The van der Waals surface area contributed by atoms with Crippen LogP contribution in [-0.4, -0.2) is 80.5 Å². The smallest absolute Gasteiger partial charge is 0.307 e. The lowest BCUT2D eigenvalue weighted by molar-refractivity contribution is -0.146. The highest BCUT2D eigenvalue weighted by molar-refractivity contribution is 5.69. The normalized spacial score (nSPS) is 22.0. The van der Waals surface area contributed by atoms with Crippen LogP contribution in [0.2, 0.25) is 0 Å². The van der Waals surface area contributed by atoms with Crippen molar-refractivity contribution in [2.24, 2.45) is 17.3 Å². The lowest BCUT2D eigenvalue weighted by atomic mass is 9.83. The van der Waals surface area contributed by atoms with Gasteiger partial charge >= 0.3 is 5.97 Å². The van der Waals surface area contributed by atoms with Crippen LogP contribution in [0.3, 0.4) is 0 Å². The monoisotopic (exact) mass is 522 g/mol. The summed E-state index contributed by atoms with van der Waals surface area (Å²) in [7, 11) is 0. The number of esters is 1. The van der Waals surface area contributed by atoms with Crippen LogP contribution in [0, 0.1) is 17.3 Å². The SMILES string of the molecule is C=C(CCC(C)(C)C)OCC1CCC(COC(=O)CCN(CCCN2CCCOCC2)C(C)(C)C)CC1. The van der Waals surface area contributed by atoms with Crippen molar-refractivity contribution < 1.29 is 19.0 Å². The minimum absolute atomic E-state index is 0.0423. The average Bonchev–Trinajstić information content (AvgIpc) is 3.10. The molecule has 0 aromatic carbocycles. The van der Waals surface area contributed by atoms with E-state index in [1.807, 2.05) is 0 Å². The summed E-state index contributed by atoms with van der Waals surface area (Å²) in [5.74, 6) is 1.95. The molecule has 0 aromatic rings. The molecule has 1 saturated heterocycles. The minimum atomic E-state index is -0.0560. The van der Waals surface area contributed by atoms with E-state index in [1.54, 1.807) is 0 Å². The number of ether oxygens (including phenoxy) is 3. The van der Waals surface area contributed by atoms with Crippen molar-refractivity contribution in [3.8, 4) is 0 Å². The molecule has 2 rings (SSSR count). The van der Waals surface area contributed by atoms with Crippen molar-refractivity contribution in [2.75, 3.05) is 59.2 Å². The number of hydrogen-bond donors (Lipinski definition) is 0. The van der Waals surface area contributed by atoms with E-state index >= 15 is 0 Å². The maximum atomic E-state index is 12.5. The fourth-order valence-electron chi connectivity index (χ4n) is 5.19. The van der Waals surface area contributed by atoms with Crippen molar-refractivity contribution in [3.05, 3.63) is 12.3 Å². The second kappa shape index (κ2) is 16.1. The van der Waals surface area contributed by atoms with Gasteiger partial charge in [-0.3, -0.25) is 9.69 Å². The van der Waals surface area contributed by atoms with Gasteiger partial charge in [-0.1, -0.05) is 27.4 Å². The van der Waals surface area contributed by atoms with Gasteiger partial charge < -0.3 is 19.1 Å². The van der Waals surface area contributed by atoms with Crippen LogP contribution >= 0.6 is 0 Å². The Hall–Kier alpha value is -1.11. The summed E-state index contributed by atoms with van der Waals surface area (Å²) in [6.07, 6.45) is 9.28. The zero-order valence-electron chi connectivity index (χ0n) is 25.1. The standard InChI is InChI=1S/C31H58N2O4/c1-26(14-16-30(2,3)4)36-24-27-10-12-28(13-11-27)25-37-29(34)15-20-33(31(5,6)7)19-8-17-32-18-9-22-35-23-21-32/h27-28H,1,8-25H2,2-7H3. The maximum Gasteiger partial charge on any atom is 0.307 e. The number of nitrogens with zero attached hydrogens (tertiary/aromatic N) is 2. The van der Waals surface area contributed by atoms with Crippen molar-refractivity contribution >= 4 is 5.97 Å². The van der Waals surface area contributed by atoms with Gasteiger partial charge in [-0.25, -0.2) is 0 Å². The van der Waals surface area contributed by atoms with Crippen LogP contribution in [0.15, 0.2) is 12.3 Å². The molecule has 1 aliphatic carbocycles. The maximum absolute atomic E-state index is 12.5. The molecule has 0 bridgehead atoms. The lowest BCUT2D eigenvalue weighted by Crippen LogP contribution is -2.44. The first-order valence-electron chi connectivity index (χ1n) is 14.9. The Morgan fingerprint density at radius 2 is 1.57 bits per heavy atom. The van der Waals surface area contributed by atoms with Gasteiger partial charge in [0.2, 0.25) is 0 Å². The molecular weight excluding hydrogens is 464 g/mol. The average molecular weight is 523 g/mol. The molecule has 1 aliphatic heterocycles. The van der Waals surface area contributed by atoms with E-state index in [1.165, 1.54) is 0 Å². The third-order valence-electron chi connectivity index (χ3n) is 7.88. The van der Waals surface area contributed by atoms with E-state index < -0.39 is 0 Å². The predicted octanol–water partition coefficient (Wildman–Crippen LogP) is 6.30. The first-order chi connectivity index (χ1) is 17.4. The molecule has 216 valence electrons. The Morgan fingerprint density at radius 1 is 0.919 bits per heavy atom. The third kappa shape index (κ3) is 14.6. The van der Waals surface area contributed by atoms with Crippen molar-refractivity contribution in [1.29, 1.82) is 0 Å². The molecule has 6 heteroatoms. The molecule has 6 nitrogen and oxygen atoms in total. The fraction of sp³-hybridized carbons (Fsp3) is 0.903. The molecule has 0 aromatic heterocycles. The largest absolute Gasteiger partial charge is 0.498 e. The molecule has 0 spiro atoms. The van der Waals surface area contributed by atoms with Gasteiger partial charge in [-0.15, -0.1) is 0 Å². The van der Waals surface area contributed by atoms with Crippen molar-refractivity contribution in [3.63, 3.8) is 0 Å². The molecule has 0 atom stereocenters. The second-order valence-corrected chi connectivity index (χ2v) is 13.5. The zero-order chi connectivity index (χ0) is 27.3. The van der Waals surface area contributed by atoms with Crippen LogP contribution < -0.4 is 0 Å². The highest BCUT2D eigenvalue weighted by Crippen LogP contribution is 2.30. The summed E-state index contributed by atoms with van der Waals surface area (Å²) in [5.41, 5.74) is 0.357. The quantitative estimate of drug-likeness (QED) is 0.197. The minimum Gasteiger partial charge on any atom is -0.498 e. The summed E-state index contributed by atoms with van der Waals surface area (Å²) in [4.78, 5) is 17.5. The highest BCUT2D eigenvalue weighted by atomic mass is 16.5. The Bertz CT molecular complexity index is 651. The number of carbonyl (C=O) groups excluding carboxylic acids is 1. The first kappa shape index (κ1) is 32.1. The topological polar surface area (TPSA) is 51.2 Å². The summed E-state index contributed by atoms with van der Waals surface area (Å²) < 4.78 is 17.3. The lowest BCUT2D eigenvalue weighted by Gasteiger charge is -2.36. The molecule has 1 heterocycles. The van der Waals surface area contributed by atoms with E-state index in [4.69, 9.17) is 14.2 Å². The number of carbonyl (C=O) groups is 1. The number of hydrogen-bond acceptors (Lipinski definition) is 6. The van der Waals surface area contributed by atoms with Gasteiger partial charge in [0.15, 0.2) is 0 Å². The Morgan fingerprint density at radius 3 is 2.19 bits per heavy atom. The molecule has 0 amide bonds. The van der Waals surface area contributed by atoms with E-state index in [-0.39, 0.29) is 11.5 Å². The Kier molecular flexibility index (Phi) is 14.0. The van der Waals surface area contributed by atoms with Crippen LogP contribution in [-0.2, 0) is 19.0 Å². The van der Waals surface area contributed by atoms with Crippen LogP contribution in [0.4, 0.5) is 0 Å². The summed E-state index contributed by atoms with van der Waals surface area (Å²) in [6, 6.07) is 0. The molecule has 0 N–H and O–H groups in total. The van der Waals surface area contributed by atoms with Crippen molar-refractivity contribution in [1.82, 2.24) is 9.80 Å². The van der Waals surface area contributed by atoms with Crippen LogP contribution in [0.5, 0.6) is 0 Å². The van der Waals surface area contributed by atoms with Gasteiger partial charge in [-0.2, -0.15) is 0 Å². The summed E-state index contributed by atoms with van der Waals surface area (Å²) in [5, 5.41) is 0. The molecule has 0 unspecified atom stereocenters. The van der Waals surface area contributed by atoms with Gasteiger partial charge in [0.05, 0.1) is 32.0 Å². The molecule has 0 radical (unpaired) electrons. The molecule has 2 aliphatic rings.